The normalized spacial score (nSPS) is 30.2. The van der Waals surface area contributed by atoms with E-state index in [1.165, 1.54) is 12.0 Å². The van der Waals surface area contributed by atoms with Gasteiger partial charge in [-0.2, -0.15) is 0 Å². The summed E-state index contributed by atoms with van der Waals surface area (Å²) in [4.78, 5) is 28.5. The zero-order valence-electron chi connectivity index (χ0n) is 26.2. The van der Waals surface area contributed by atoms with Crippen molar-refractivity contribution in [1.82, 2.24) is 4.90 Å². The molecular formula is C36H51NO5. The molecule has 1 amide bonds. The standard InChI is InChI=1S/C36H51NO5/c1-6-25-14-27(21-31(19-25)34(39)37-12-10-9-11-13-37)16-29-18-30(24-33(38)23-29)17-28-15-26(7-2)20-32(22-28)35(40)42-36(4,5)41-8-3/h6-7,15-18,25,31-33,38H,1,8-14,19-24H2,2-5H3/b26-7-,27-16-,30-17-. The Morgan fingerprint density at radius 2 is 1.69 bits per heavy atom. The molecule has 4 unspecified atom stereocenters. The topological polar surface area (TPSA) is 76.1 Å². The van der Waals surface area contributed by atoms with Crippen molar-refractivity contribution in [3.05, 3.63) is 70.9 Å². The van der Waals surface area contributed by atoms with Crippen LogP contribution in [0.15, 0.2) is 70.9 Å². The van der Waals surface area contributed by atoms with Crippen LogP contribution in [0.1, 0.15) is 91.9 Å². The zero-order valence-corrected chi connectivity index (χ0v) is 26.2. The third-order valence-corrected chi connectivity index (χ3v) is 8.92. The number of amides is 1. The second kappa shape index (κ2) is 14.7. The summed E-state index contributed by atoms with van der Waals surface area (Å²) in [5.41, 5.74) is 5.60. The van der Waals surface area contributed by atoms with Gasteiger partial charge in [0.2, 0.25) is 11.7 Å². The molecule has 2 fully saturated rings. The molecule has 6 heteroatoms. The maximum Gasteiger partial charge on any atom is 0.312 e. The van der Waals surface area contributed by atoms with Crippen LogP contribution in [-0.4, -0.2) is 53.5 Å². The molecule has 6 nitrogen and oxygen atoms in total. The van der Waals surface area contributed by atoms with Gasteiger partial charge in [0.05, 0.1) is 12.0 Å². The van der Waals surface area contributed by atoms with Crippen LogP contribution in [0, 0.1) is 17.8 Å². The lowest BCUT2D eigenvalue weighted by Gasteiger charge is -2.35. The first-order valence-electron chi connectivity index (χ1n) is 16.0. The third-order valence-electron chi connectivity index (χ3n) is 8.92. The van der Waals surface area contributed by atoms with Crippen molar-refractivity contribution in [1.29, 1.82) is 0 Å². The van der Waals surface area contributed by atoms with Gasteiger partial charge in [-0.1, -0.05) is 47.6 Å². The van der Waals surface area contributed by atoms with Gasteiger partial charge in [-0.3, -0.25) is 9.59 Å². The van der Waals surface area contributed by atoms with E-state index in [4.69, 9.17) is 9.47 Å². The molecule has 0 aromatic rings. The largest absolute Gasteiger partial charge is 0.433 e. The van der Waals surface area contributed by atoms with Crippen molar-refractivity contribution in [2.45, 2.75) is 104 Å². The fourth-order valence-corrected chi connectivity index (χ4v) is 6.97. The molecule has 0 bridgehead atoms. The van der Waals surface area contributed by atoms with Crippen molar-refractivity contribution in [3.63, 3.8) is 0 Å². The van der Waals surface area contributed by atoms with E-state index in [1.807, 2.05) is 26.0 Å². The first-order chi connectivity index (χ1) is 20.1. The molecule has 1 saturated carbocycles. The van der Waals surface area contributed by atoms with E-state index in [2.05, 4.69) is 35.8 Å². The Bertz CT molecular complexity index is 1160. The summed E-state index contributed by atoms with van der Waals surface area (Å²) in [6, 6.07) is 0. The number of carbonyl (C=O) groups is 2. The van der Waals surface area contributed by atoms with Gasteiger partial charge < -0.3 is 19.5 Å². The molecule has 3 aliphatic carbocycles. The minimum atomic E-state index is -0.957. The highest BCUT2D eigenvalue weighted by Gasteiger charge is 2.33. The fourth-order valence-electron chi connectivity index (χ4n) is 6.97. The maximum absolute atomic E-state index is 13.4. The molecule has 230 valence electrons. The van der Waals surface area contributed by atoms with Crippen LogP contribution >= 0.6 is 0 Å². The molecule has 1 N–H and O–H groups in total. The summed E-state index contributed by atoms with van der Waals surface area (Å²) in [6.45, 7) is 13.7. The predicted octanol–water partition coefficient (Wildman–Crippen LogP) is 7.13. The Kier molecular flexibility index (Phi) is 11.2. The Balaban J connectivity index is 1.51. The second-order valence-electron chi connectivity index (χ2n) is 13.0. The first-order valence-corrected chi connectivity index (χ1v) is 16.0. The van der Waals surface area contributed by atoms with Crippen molar-refractivity contribution in [2.24, 2.45) is 17.8 Å². The number of aliphatic hydroxyl groups is 1. The van der Waals surface area contributed by atoms with E-state index in [0.29, 0.717) is 44.1 Å². The monoisotopic (exact) mass is 577 g/mol. The van der Waals surface area contributed by atoms with Gasteiger partial charge >= 0.3 is 5.97 Å². The lowest BCUT2D eigenvalue weighted by atomic mass is 9.76. The van der Waals surface area contributed by atoms with Crippen LogP contribution in [0.2, 0.25) is 0 Å². The number of piperidine rings is 1. The zero-order chi connectivity index (χ0) is 30.3. The van der Waals surface area contributed by atoms with Crippen molar-refractivity contribution < 1.29 is 24.2 Å². The molecule has 4 aliphatic rings. The number of likely N-dealkylation sites (tertiary alicyclic amines) is 1. The van der Waals surface area contributed by atoms with Gasteiger partial charge in [-0.15, -0.1) is 6.58 Å². The maximum atomic E-state index is 13.4. The van der Waals surface area contributed by atoms with Crippen molar-refractivity contribution in [2.75, 3.05) is 19.7 Å². The van der Waals surface area contributed by atoms with E-state index in [0.717, 1.165) is 67.5 Å². The Morgan fingerprint density at radius 1 is 0.976 bits per heavy atom. The summed E-state index contributed by atoms with van der Waals surface area (Å²) < 4.78 is 11.3. The molecule has 0 aromatic heterocycles. The number of nitrogens with zero attached hydrogens (tertiary/aromatic N) is 1. The average Bonchev–Trinajstić information content (AvgIpc) is 2.96. The van der Waals surface area contributed by atoms with Gasteiger partial charge in [-0.25, -0.2) is 0 Å². The number of allylic oxidation sites excluding steroid dienone is 9. The lowest BCUT2D eigenvalue weighted by molar-refractivity contribution is -0.217. The van der Waals surface area contributed by atoms with Crippen molar-refractivity contribution in [3.8, 4) is 0 Å². The van der Waals surface area contributed by atoms with Gasteiger partial charge in [0.15, 0.2) is 0 Å². The molecule has 4 atom stereocenters. The highest BCUT2D eigenvalue weighted by molar-refractivity contribution is 5.79. The number of carbonyl (C=O) groups excluding carboxylic acids is 2. The fraction of sp³-hybridized carbons (Fsp3) is 0.611. The lowest BCUT2D eigenvalue weighted by Crippen LogP contribution is -2.41. The van der Waals surface area contributed by atoms with Gasteiger partial charge in [0.1, 0.15) is 0 Å². The molecular weight excluding hydrogens is 526 g/mol. The molecule has 0 spiro atoms. The number of esters is 1. The summed E-state index contributed by atoms with van der Waals surface area (Å²) in [6.07, 6.45) is 20.7. The van der Waals surface area contributed by atoms with E-state index in [1.54, 1.807) is 13.8 Å². The van der Waals surface area contributed by atoms with Crippen LogP contribution < -0.4 is 0 Å². The van der Waals surface area contributed by atoms with E-state index >= 15 is 0 Å². The van der Waals surface area contributed by atoms with Gasteiger partial charge in [0.25, 0.3) is 0 Å². The Labute approximate surface area is 252 Å². The second-order valence-corrected chi connectivity index (χ2v) is 13.0. The average molecular weight is 578 g/mol. The number of rotatable bonds is 8. The highest BCUT2D eigenvalue weighted by atomic mass is 16.7. The number of hydrogen-bond donors (Lipinski definition) is 1. The van der Waals surface area contributed by atoms with E-state index in [-0.39, 0.29) is 17.8 Å². The van der Waals surface area contributed by atoms with Crippen LogP contribution in [0.5, 0.6) is 0 Å². The molecule has 1 aliphatic heterocycles. The molecule has 42 heavy (non-hydrogen) atoms. The molecule has 4 rings (SSSR count). The van der Waals surface area contributed by atoms with Crippen LogP contribution in [0.4, 0.5) is 0 Å². The summed E-state index contributed by atoms with van der Waals surface area (Å²) in [5, 5.41) is 10.8. The summed E-state index contributed by atoms with van der Waals surface area (Å²) in [7, 11) is 0. The van der Waals surface area contributed by atoms with Crippen LogP contribution in [-0.2, 0) is 19.1 Å². The molecule has 0 aromatic carbocycles. The first kappa shape index (κ1) is 32.2. The Morgan fingerprint density at radius 3 is 2.38 bits per heavy atom. The molecule has 1 heterocycles. The highest BCUT2D eigenvalue weighted by Crippen LogP contribution is 2.38. The third kappa shape index (κ3) is 8.90. The summed E-state index contributed by atoms with van der Waals surface area (Å²) in [5.74, 6) is -0.882. The van der Waals surface area contributed by atoms with E-state index in [9.17, 15) is 14.7 Å². The van der Waals surface area contributed by atoms with Gasteiger partial charge in [-0.05, 0) is 101 Å². The molecule has 0 radical (unpaired) electrons. The Hall–Kier alpha value is -2.70. The number of hydrogen-bond acceptors (Lipinski definition) is 5. The van der Waals surface area contributed by atoms with Crippen LogP contribution in [0.25, 0.3) is 0 Å². The van der Waals surface area contributed by atoms with Gasteiger partial charge in [0, 0.05) is 39.5 Å². The smallest absolute Gasteiger partial charge is 0.312 e. The predicted molar refractivity (Wildman–Crippen MR) is 167 cm³/mol. The molecule has 1 saturated heterocycles. The SMILES string of the molecule is C=CC1C/C(=C/C2=CC(=C/C3=CC(=C/C)/CC(C(=O)OC(C)(C)OCC)C3)/CC(O)C2)CC(C(=O)N2CCCCC2)C1. The minimum Gasteiger partial charge on any atom is -0.433 e. The van der Waals surface area contributed by atoms with E-state index < -0.39 is 11.9 Å². The minimum absolute atomic E-state index is 0.00580. The number of ether oxygens (including phenoxy) is 2. The summed E-state index contributed by atoms with van der Waals surface area (Å²) >= 11 is 0. The van der Waals surface area contributed by atoms with Crippen LogP contribution in [0.3, 0.4) is 0 Å². The van der Waals surface area contributed by atoms with Crippen molar-refractivity contribution >= 4 is 11.9 Å². The quantitative estimate of drug-likeness (QED) is 0.189. The number of aliphatic hydroxyl groups excluding tert-OH is 1.